The van der Waals surface area contributed by atoms with Gasteiger partial charge in [0.05, 0.1) is 17.8 Å². The van der Waals surface area contributed by atoms with Crippen LogP contribution in [-0.2, 0) is 15.0 Å². The molecule has 0 aromatic heterocycles. The third kappa shape index (κ3) is 2.64. The number of terminal acetylenes is 1. The minimum atomic E-state index is -1.62. The number of hydrogen-bond acceptors (Lipinski definition) is 5. The molecule has 5 rings (SSSR count). The van der Waals surface area contributed by atoms with Crippen LogP contribution in [0.4, 0.5) is 11.4 Å². The Hall–Kier alpha value is -4.00. The zero-order valence-corrected chi connectivity index (χ0v) is 19.3. The highest BCUT2D eigenvalue weighted by molar-refractivity contribution is 6.31. The van der Waals surface area contributed by atoms with E-state index in [0.717, 1.165) is 5.56 Å². The highest BCUT2D eigenvalue weighted by atomic mass is 35.5. The van der Waals surface area contributed by atoms with E-state index >= 15 is 0 Å². The lowest BCUT2D eigenvalue weighted by Crippen LogP contribution is -2.52. The quantitative estimate of drug-likeness (QED) is 0.670. The summed E-state index contributed by atoms with van der Waals surface area (Å²) in [6.07, 6.45) is 7.01. The van der Waals surface area contributed by atoms with Crippen molar-refractivity contribution in [2.24, 2.45) is 5.73 Å². The standard InChI is InChI=1S/C27H21ClN4O2/c1-3-14-31-21-10-5-4-8-17(21)27(26(31)34)18(15-29)25(30)32(20-11-6-9-19(28)16(20)2)22-12-7-13-23(33)24(22)27/h1,4-6,8-11H,7,12-14,30H2,2H3. The van der Waals surface area contributed by atoms with Gasteiger partial charge in [-0.3, -0.25) is 19.4 Å². The summed E-state index contributed by atoms with van der Waals surface area (Å²) in [5, 5.41) is 11.0. The van der Waals surface area contributed by atoms with Crippen molar-refractivity contribution in [3.05, 3.63) is 81.3 Å². The molecule has 1 spiro atoms. The average Bonchev–Trinajstić information content (AvgIpc) is 3.06. The lowest BCUT2D eigenvalue weighted by atomic mass is 9.63. The molecular formula is C27H21ClN4O2. The first-order valence-corrected chi connectivity index (χ1v) is 11.3. The second kappa shape index (κ2) is 7.80. The Labute approximate surface area is 202 Å². The van der Waals surface area contributed by atoms with E-state index in [1.807, 2.05) is 13.0 Å². The molecule has 0 saturated carbocycles. The number of anilines is 2. The van der Waals surface area contributed by atoms with Crippen molar-refractivity contribution in [3.8, 4) is 18.4 Å². The van der Waals surface area contributed by atoms with Gasteiger partial charge in [0.1, 0.15) is 17.3 Å². The van der Waals surface area contributed by atoms with Crippen LogP contribution >= 0.6 is 11.6 Å². The molecule has 0 radical (unpaired) electrons. The number of Topliss-reactive ketones (excluding diaryl/α,β-unsaturated/α-hetero) is 1. The van der Waals surface area contributed by atoms with Gasteiger partial charge in [-0.15, -0.1) is 6.42 Å². The number of rotatable bonds is 2. The van der Waals surface area contributed by atoms with Crippen LogP contribution in [0.5, 0.6) is 0 Å². The number of amides is 1. The second-order valence-corrected chi connectivity index (χ2v) is 8.96. The van der Waals surface area contributed by atoms with Crippen molar-refractivity contribution in [2.45, 2.75) is 31.6 Å². The number of nitriles is 1. The van der Waals surface area contributed by atoms with Crippen LogP contribution < -0.4 is 15.5 Å². The van der Waals surface area contributed by atoms with Crippen LogP contribution in [0.25, 0.3) is 0 Å². The molecule has 0 bridgehead atoms. The van der Waals surface area contributed by atoms with E-state index < -0.39 is 11.3 Å². The fourth-order valence-corrected chi connectivity index (χ4v) is 5.66. The lowest BCUT2D eigenvalue weighted by Gasteiger charge is -2.44. The van der Waals surface area contributed by atoms with Gasteiger partial charge >= 0.3 is 0 Å². The number of allylic oxidation sites excluding steroid dienone is 1. The number of nitrogens with zero attached hydrogens (tertiary/aromatic N) is 3. The monoisotopic (exact) mass is 468 g/mol. The summed E-state index contributed by atoms with van der Waals surface area (Å²) in [4.78, 5) is 31.0. The predicted octanol–water partition coefficient (Wildman–Crippen LogP) is 4.09. The minimum absolute atomic E-state index is 0.0180. The summed E-state index contributed by atoms with van der Waals surface area (Å²) >= 11 is 6.41. The van der Waals surface area contributed by atoms with Crippen LogP contribution in [0.2, 0.25) is 5.02 Å². The second-order valence-electron chi connectivity index (χ2n) is 8.55. The Morgan fingerprint density at radius 1 is 1.15 bits per heavy atom. The molecule has 2 aromatic carbocycles. The Morgan fingerprint density at radius 3 is 2.62 bits per heavy atom. The fourth-order valence-electron chi connectivity index (χ4n) is 5.49. The van der Waals surface area contributed by atoms with Crippen LogP contribution in [0.15, 0.2) is 65.1 Å². The normalized spacial score (nSPS) is 21.5. The largest absolute Gasteiger partial charge is 0.384 e. The molecule has 2 aromatic rings. The number of para-hydroxylation sites is 1. The number of ketones is 1. The van der Waals surface area contributed by atoms with Gasteiger partial charge in [0, 0.05) is 34.0 Å². The van der Waals surface area contributed by atoms with E-state index in [1.165, 1.54) is 4.90 Å². The molecule has 6 nitrogen and oxygen atoms in total. The van der Waals surface area contributed by atoms with Crippen LogP contribution in [0.3, 0.4) is 0 Å². The summed E-state index contributed by atoms with van der Waals surface area (Å²) in [7, 11) is 0. The van der Waals surface area contributed by atoms with E-state index in [2.05, 4.69) is 12.0 Å². The number of hydrogen-bond donors (Lipinski definition) is 1. The first-order chi connectivity index (χ1) is 16.4. The summed E-state index contributed by atoms with van der Waals surface area (Å²) in [5.41, 5.74) is 8.63. The maximum Gasteiger partial charge on any atom is 0.248 e. The average molecular weight is 469 g/mol. The molecule has 1 amide bonds. The van der Waals surface area contributed by atoms with Gasteiger partial charge in [-0.1, -0.05) is 41.8 Å². The van der Waals surface area contributed by atoms with Gasteiger partial charge in [0.25, 0.3) is 0 Å². The Bertz CT molecular complexity index is 1420. The van der Waals surface area contributed by atoms with Gasteiger partial charge in [0.15, 0.2) is 5.78 Å². The van der Waals surface area contributed by atoms with E-state index in [1.54, 1.807) is 41.3 Å². The third-order valence-electron chi connectivity index (χ3n) is 6.91. The molecule has 2 aliphatic heterocycles. The molecule has 2 N–H and O–H groups in total. The summed E-state index contributed by atoms with van der Waals surface area (Å²) in [6, 6.07) is 14.8. The smallest absolute Gasteiger partial charge is 0.248 e. The van der Waals surface area contributed by atoms with E-state index in [9.17, 15) is 14.9 Å². The fraction of sp³-hybridized carbons (Fsp3) is 0.222. The van der Waals surface area contributed by atoms with Gasteiger partial charge in [-0.2, -0.15) is 5.26 Å². The zero-order chi connectivity index (χ0) is 24.2. The maximum atomic E-state index is 14.2. The number of halogens is 1. The number of carbonyl (C=O) groups is 2. The van der Waals surface area contributed by atoms with E-state index in [-0.39, 0.29) is 30.1 Å². The molecule has 7 heteroatoms. The van der Waals surface area contributed by atoms with Crippen molar-refractivity contribution in [1.29, 1.82) is 5.26 Å². The number of benzene rings is 2. The molecule has 0 saturated heterocycles. The van der Waals surface area contributed by atoms with Gasteiger partial charge in [-0.25, -0.2) is 0 Å². The van der Waals surface area contributed by atoms with E-state index in [4.69, 9.17) is 23.8 Å². The minimum Gasteiger partial charge on any atom is -0.384 e. The Balaban J connectivity index is 1.91. The van der Waals surface area contributed by atoms with E-state index in [0.29, 0.717) is 46.1 Å². The van der Waals surface area contributed by atoms with Gasteiger partial charge < -0.3 is 5.73 Å². The maximum absolute atomic E-state index is 14.2. The SMILES string of the molecule is C#CCN1C(=O)C2(C(C#N)=C(N)N(c3cccc(Cl)c3C)C3=C2C(=O)CCC3)c2ccccc21. The van der Waals surface area contributed by atoms with Crippen molar-refractivity contribution in [3.63, 3.8) is 0 Å². The van der Waals surface area contributed by atoms with Crippen molar-refractivity contribution < 1.29 is 9.59 Å². The summed E-state index contributed by atoms with van der Waals surface area (Å²) in [5.74, 6) is 2.06. The molecule has 3 aliphatic rings. The summed E-state index contributed by atoms with van der Waals surface area (Å²) < 4.78 is 0. The van der Waals surface area contributed by atoms with Crippen LogP contribution in [-0.4, -0.2) is 18.2 Å². The molecular weight excluding hydrogens is 448 g/mol. The summed E-state index contributed by atoms with van der Waals surface area (Å²) in [6.45, 7) is 1.88. The van der Waals surface area contributed by atoms with Crippen molar-refractivity contribution in [2.75, 3.05) is 16.3 Å². The molecule has 34 heavy (non-hydrogen) atoms. The molecule has 1 atom stereocenters. The third-order valence-corrected chi connectivity index (χ3v) is 7.32. The lowest BCUT2D eigenvalue weighted by molar-refractivity contribution is -0.124. The molecule has 2 heterocycles. The first-order valence-electron chi connectivity index (χ1n) is 11.0. The van der Waals surface area contributed by atoms with Crippen LogP contribution in [0, 0.1) is 30.6 Å². The highest BCUT2D eigenvalue weighted by Gasteiger charge is 2.62. The Kier molecular flexibility index (Phi) is 5.01. The van der Waals surface area contributed by atoms with Gasteiger partial charge in [0.2, 0.25) is 5.91 Å². The molecule has 0 fully saturated rings. The van der Waals surface area contributed by atoms with Crippen LogP contribution in [0.1, 0.15) is 30.4 Å². The number of fused-ring (bicyclic) bond motifs is 3. The Morgan fingerprint density at radius 2 is 1.88 bits per heavy atom. The number of carbonyl (C=O) groups excluding carboxylic acids is 2. The first kappa shape index (κ1) is 21.8. The molecule has 1 aliphatic carbocycles. The number of nitrogens with two attached hydrogens (primary N) is 1. The van der Waals surface area contributed by atoms with Crippen molar-refractivity contribution >= 4 is 34.7 Å². The zero-order valence-electron chi connectivity index (χ0n) is 18.6. The molecule has 1 unspecified atom stereocenters. The predicted molar refractivity (Wildman–Crippen MR) is 131 cm³/mol. The van der Waals surface area contributed by atoms with Gasteiger partial charge in [-0.05, 0) is 43.5 Å². The van der Waals surface area contributed by atoms with Crippen molar-refractivity contribution in [1.82, 2.24) is 0 Å². The topological polar surface area (TPSA) is 90.4 Å². The highest BCUT2D eigenvalue weighted by Crippen LogP contribution is 2.56. The molecule has 168 valence electrons.